The molecule has 4 aliphatic rings. The van der Waals surface area contributed by atoms with Gasteiger partial charge in [0.25, 0.3) is 5.25 Å². The number of ether oxygens (including phenoxy) is 1. The number of alkyl halides is 1. The molecule has 11 heteroatoms. The molecule has 0 aromatic heterocycles. The summed E-state index contributed by atoms with van der Waals surface area (Å²) in [5, 5.41) is 11.2. The van der Waals surface area contributed by atoms with E-state index in [-0.39, 0.29) is 22.2 Å². The highest BCUT2D eigenvalue weighted by Gasteiger charge is 2.63. The van der Waals surface area contributed by atoms with E-state index >= 15 is 0 Å². The molecule has 44 heavy (non-hydrogen) atoms. The van der Waals surface area contributed by atoms with Crippen LogP contribution >= 0.6 is 23.2 Å². The summed E-state index contributed by atoms with van der Waals surface area (Å²) in [6.45, 7) is 27.7. The number of morpholine rings is 1. The fourth-order valence-corrected chi connectivity index (χ4v) is 9.82. The first kappa shape index (κ1) is 36.2. The summed E-state index contributed by atoms with van der Waals surface area (Å²) in [6.07, 6.45) is 8.57. The van der Waals surface area contributed by atoms with Crippen molar-refractivity contribution in [2.75, 3.05) is 39.4 Å². The van der Waals surface area contributed by atoms with Crippen LogP contribution in [-0.4, -0.2) is 110 Å². The molecule has 0 bridgehead atoms. The Bertz CT molecular complexity index is 1000. The number of unbranched alkanes of at least 4 members (excludes halogenated alkanes) is 2. The van der Waals surface area contributed by atoms with Gasteiger partial charge in [-0.2, -0.15) is 9.98 Å². The summed E-state index contributed by atoms with van der Waals surface area (Å²) in [5.74, 6) is 0.589. The van der Waals surface area contributed by atoms with Crippen molar-refractivity contribution in [3.05, 3.63) is 0 Å². The Hall–Kier alpha value is -0.680. The number of aliphatic imine (C=N–C) groups is 2. The van der Waals surface area contributed by atoms with Gasteiger partial charge in [-0.05, 0) is 119 Å². The summed E-state index contributed by atoms with van der Waals surface area (Å²) in [6, 6.07) is 0.794. The number of halogens is 2. The van der Waals surface area contributed by atoms with Crippen molar-refractivity contribution in [2.45, 2.75) is 160 Å². The van der Waals surface area contributed by atoms with Crippen LogP contribution in [0, 0.1) is 0 Å². The van der Waals surface area contributed by atoms with Gasteiger partial charge >= 0.3 is 0 Å². The van der Waals surface area contributed by atoms with E-state index in [1.165, 1.54) is 25.7 Å². The standard InChI is InChI=1S/C33H62Cl2N8O/c1-11-13-15-36-25-21-29(3,4)42(30(5,6)22-25)33(35)39-28(40-17-19-44-20-18-40)38-27(34)41(33)43-31(7,8)23-26(24-32(43,9)10)37-16-14-12-2/h25-26,36-37H,11-24H2,1-10H3. The van der Waals surface area contributed by atoms with E-state index in [0.717, 1.165) is 38.8 Å². The lowest BCUT2D eigenvalue weighted by molar-refractivity contribution is -0.234. The van der Waals surface area contributed by atoms with Crippen molar-refractivity contribution >= 4 is 34.5 Å². The van der Waals surface area contributed by atoms with Gasteiger partial charge in [0.2, 0.25) is 11.3 Å². The lowest BCUT2D eigenvalue weighted by Crippen LogP contribution is -2.80. The molecule has 9 nitrogen and oxygen atoms in total. The average molecular weight is 658 g/mol. The largest absolute Gasteiger partial charge is 0.378 e. The van der Waals surface area contributed by atoms with Gasteiger partial charge in [0.1, 0.15) is 0 Å². The van der Waals surface area contributed by atoms with Gasteiger partial charge in [0.15, 0.2) is 0 Å². The molecule has 0 radical (unpaired) electrons. The smallest absolute Gasteiger partial charge is 0.290 e. The van der Waals surface area contributed by atoms with Gasteiger partial charge in [-0.3, -0.25) is 0 Å². The predicted octanol–water partition coefficient (Wildman–Crippen LogP) is 6.17. The molecule has 1 unspecified atom stereocenters. The average Bonchev–Trinajstić information content (AvgIpc) is 2.88. The van der Waals surface area contributed by atoms with Crippen molar-refractivity contribution < 1.29 is 4.74 Å². The van der Waals surface area contributed by atoms with Gasteiger partial charge < -0.3 is 20.3 Å². The predicted molar refractivity (Wildman–Crippen MR) is 185 cm³/mol. The van der Waals surface area contributed by atoms with E-state index in [4.69, 9.17) is 37.9 Å². The Kier molecular flexibility index (Phi) is 11.4. The van der Waals surface area contributed by atoms with Crippen LogP contribution in [0.4, 0.5) is 0 Å². The molecule has 0 spiro atoms. The Morgan fingerprint density at radius 1 is 0.773 bits per heavy atom. The third-order valence-corrected chi connectivity index (χ3v) is 10.6. The van der Waals surface area contributed by atoms with Crippen molar-refractivity contribution in [3.63, 3.8) is 0 Å². The maximum absolute atomic E-state index is 8.16. The van der Waals surface area contributed by atoms with Crippen LogP contribution in [0.15, 0.2) is 9.98 Å². The van der Waals surface area contributed by atoms with Crippen LogP contribution in [0.1, 0.15) is 121 Å². The summed E-state index contributed by atoms with van der Waals surface area (Å²) < 4.78 is 5.67. The molecule has 1 atom stereocenters. The number of nitrogens with zero attached hydrogens (tertiary/aromatic N) is 6. The number of likely N-dealkylation sites (tertiary alicyclic amines) is 1. The fourth-order valence-electron chi connectivity index (χ4n) is 8.82. The first-order valence-corrected chi connectivity index (χ1v) is 18.0. The minimum Gasteiger partial charge on any atom is -0.378 e. The van der Waals surface area contributed by atoms with E-state index < -0.39 is 5.25 Å². The highest BCUT2D eigenvalue weighted by atomic mass is 35.5. The molecule has 0 aromatic carbocycles. The zero-order valence-electron chi connectivity index (χ0n) is 29.4. The second-order valence-electron chi connectivity index (χ2n) is 16.0. The molecule has 3 saturated heterocycles. The Labute approximate surface area is 278 Å². The second kappa shape index (κ2) is 13.8. The van der Waals surface area contributed by atoms with Crippen molar-refractivity contribution in [1.82, 2.24) is 30.5 Å². The maximum Gasteiger partial charge on any atom is 0.290 e. The van der Waals surface area contributed by atoms with Gasteiger partial charge in [-0.25, -0.2) is 14.9 Å². The van der Waals surface area contributed by atoms with E-state index in [2.05, 4.69) is 99.7 Å². The molecule has 4 heterocycles. The number of piperidine rings is 2. The van der Waals surface area contributed by atoms with E-state index in [0.29, 0.717) is 49.6 Å². The highest BCUT2D eigenvalue weighted by molar-refractivity contribution is 6.65. The Morgan fingerprint density at radius 3 is 1.68 bits per heavy atom. The Morgan fingerprint density at radius 2 is 1.23 bits per heavy atom. The molecular weight excluding hydrogens is 595 g/mol. The van der Waals surface area contributed by atoms with Crippen molar-refractivity contribution in [1.29, 1.82) is 0 Å². The molecule has 2 N–H and O–H groups in total. The van der Waals surface area contributed by atoms with Gasteiger partial charge in [-0.15, -0.1) is 0 Å². The maximum atomic E-state index is 8.16. The lowest BCUT2D eigenvalue weighted by Gasteiger charge is -2.66. The number of guanidine groups is 1. The SMILES string of the molecule is CCCCNC1CC(C)(C)N(N2C(Cl)=NC(N3CCOCC3)=NC2(Cl)N2C(C)(C)CC(NCCCC)CC2(C)C)C(C)(C)C1. The molecule has 4 rings (SSSR count). The zero-order valence-corrected chi connectivity index (χ0v) is 30.9. The van der Waals surface area contributed by atoms with Crippen LogP contribution in [-0.2, 0) is 4.74 Å². The Balaban J connectivity index is 1.79. The first-order valence-electron chi connectivity index (χ1n) is 17.2. The lowest BCUT2D eigenvalue weighted by atomic mass is 9.76. The van der Waals surface area contributed by atoms with Crippen molar-refractivity contribution in [3.8, 4) is 0 Å². The molecule has 3 fully saturated rings. The van der Waals surface area contributed by atoms with Gasteiger partial charge in [-0.1, -0.05) is 38.3 Å². The molecule has 254 valence electrons. The minimum atomic E-state index is -1.33. The monoisotopic (exact) mass is 656 g/mol. The zero-order chi connectivity index (χ0) is 32.6. The molecular formula is C33H62Cl2N8O. The van der Waals surface area contributed by atoms with Gasteiger partial charge in [0, 0.05) is 47.3 Å². The number of rotatable bonds is 10. The topological polar surface area (TPSA) is 71.0 Å². The van der Waals surface area contributed by atoms with Crippen LogP contribution < -0.4 is 10.6 Å². The number of amidine groups is 1. The number of hydrogen-bond donors (Lipinski definition) is 2. The highest BCUT2D eigenvalue weighted by Crippen LogP contribution is 2.52. The second-order valence-corrected chi connectivity index (χ2v) is 16.8. The minimum absolute atomic E-state index is 0.276. The molecule has 0 aromatic rings. The first-order chi connectivity index (χ1) is 20.5. The van der Waals surface area contributed by atoms with Crippen molar-refractivity contribution in [2.24, 2.45) is 9.98 Å². The van der Waals surface area contributed by atoms with Crippen LogP contribution in [0.2, 0.25) is 0 Å². The van der Waals surface area contributed by atoms with Crippen LogP contribution in [0.3, 0.4) is 0 Å². The van der Waals surface area contributed by atoms with E-state index in [9.17, 15) is 0 Å². The third-order valence-electron chi connectivity index (χ3n) is 9.93. The quantitative estimate of drug-likeness (QED) is 0.165. The third kappa shape index (κ3) is 7.55. The van der Waals surface area contributed by atoms with E-state index in [1.54, 1.807) is 0 Å². The molecule has 0 amide bonds. The molecule has 0 saturated carbocycles. The van der Waals surface area contributed by atoms with Crippen LogP contribution in [0.25, 0.3) is 0 Å². The summed E-state index contributed by atoms with van der Waals surface area (Å²) in [5.41, 5.74) is -1.15. The summed E-state index contributed by atoms with van der Waals surface area (Å²) >= 11 is 15.5. The van der Waals surface area contributed by atoms with Gasteiger partial charge in [0.05, 0.1) is 13.2 Å². The number of hydrazine groups is 1. The number of hydrogen-bond acceptors (Lipinski definition) is 9. The van der Waals surface area contributed by atoms with E-state index in [1.807, 2.05) is 0 Å². The summed E-state index contributed by atoms with van der Waals surface area (Å²) in [4.78, 5) is 15.0. The molecule has 0 aliphatic carbocycles. The van der Waals surface area contributed by atoms with Crippen LogP contribution in [0.5, 0.6) is 0 Å². The number of nitrogens with one attached hydrogen (secondary N) is 2. The fraction of sp³-hybridized carbons (Fsp3) is 0.939. The normalized spacial score (nSPS) is 29.9. The summed E-state index contributed by atoms with van der Waals surface area (Å²) in [7, 11) is 0. The molecule has 4 aliphatic heterocycles.